The number of rotatable bonds is 7. The Morgan fingerprint density at radius 3 is 2.84 bits per heavy atom. The van der Waals surface area contributed by atoms with E-state index >= 15 is 4.39 Å². The minimum Gasteiger partial charge on any atom is -0.325 e. The highest BCUT2D eigenvalue weighted by Gasteiger charge is 2.24. The number of aromatic nitrogens is 4. The van der Waals surface area contributed by atoms with Crippen molar-refractivity contribution in [3.05, 3.63) is 71.3 Å². The van der Waals surface area contributed by atoms with Crippen molar-refractivity contribution in [1.82, 2.24) is 20.2 Å². The van der Waals surface area contributed by atoms with Crippen LogP contribution in [0.25, 0.3) is 22.2 Å². The number of nitrogens with one attached hydrogen (secondary N) is 2. The maximum atomic E-state index is 15.0. The predicted molar refractivity (Wildman–Crippen MR) is 118 cm³/mol. The summed E-state index contributed by atoms with van der Waals surface area (Å²) in [6.45, 7) is 3.88. The molecule has 3 heterocycles. The molecule has 0 unspecified atom stereocenters. The monoisotopic (exact) mass is 439 g/mol. The fourth-order valence-electron chi connectivity index (χ4n) is 3.20. The number of ketones is 1. The quantitative estimate of drug-likeness (QED) is 0.231. The molecular weight excluding hydrogens is 420 g/mol. The maximum absolute atomic E-state index is 15.0. The lowest BCUT2D eigenvalue weighted by Gasteiger charge is -2.10. The van der Waals surface area contributed by atoms with Crippen LogP contribution in [0.4, 0.5) is 14.5 Å². The van der Waals surface area contributed by atoms with E-state index < -0.39 is 17.4 Å². The van der Waals surface area contributed by atoms with Gasteiger partial charge < -0.3 is 4.72 Å². The topological polar surface area (TPSA) is 83.6 Å². The van der Waals surface area contributed by atoms with Gasteiger partial charge in [-0.2, -0.15) is 5.10 Å². The van der Waals surface area contributed by atoms with Gasteiger partial charge in [-0.15, -0.1) is 0 Å². The molecule has 0 amide bonds. The maximum Gasteiger partial charge on any atom is 0.216 e. The van der Waals surface area contributed by atoms with Crippen molar-refractivity contribution in [1.29, 1.82) is 0 Å². The first-order valence-corrected chi connectivity index (χ1v) is 10.7. The number of halogens is 2. The highest BCUT2D eigenvalue weighted by Crippen LogP contribution is 2.29. The molecule has 0 saturated heterocycles. The van der Waals surface area contributed by atoms with Gasteiger partial charge in [0.05, 0.1) is 10.9 Å². The number of carbonyl (C=O) groups is 1. The van der Waals surface area contributed by atoms with Crippen molar-refractivity contribution in [2.45, 2.75) is 20.3 Å². The molecule has 3 aromatic heterocycles. The summed E-state index contributed by atoms with van der Waals surface area (Å²) in [4.78, 5) is 21.6. The number of fused-ring (bicyclic) bond motifs is 1. The SMILES string of the molecule is CCCSNc1c(F)ccc(C(=O)c2n[nH]c3ncc(-c4ccncc4C)cc23)c1F. The largest absolute Gasteiger partial charge is 0.325 e. The Hall–Kier alpha value is -3.33. The van der Waals surface area contributed by atoms with Gasteiger partial charge in [0.15, 0.2) is 11.5 Å². The first kappa shape index (κ1) is 20.9. The molecule has 0 aliphatic rings. The van der Waals surface area contributed by atoms with Gasteiger partial charge in [0.2, 0.25) is 5.78 Å². The van der Waals surface area contributed by atoms with E-state index in [0.29, 0.717) is 16.8 Å². The van der Waals surface area contributed by atoms with Crippen molar-refractivity contribution >= 4 is 34.5 Å². The second kappa shape index (κ2) is 8.81. The number of nitrogens with zero attached hydrogens (tertiary/aromatic N) is 3. The first-order chi connectivity index (χ1) is 15.0. The van der Waals surface area contributed by atoms with Crippen molar-refractivity contribution in [3.63, 3.8) is 0 Å². The molecule has 9 heteroatoms. The molecule has 4 aromatic rings. The molecular formula is C22H19F2N5OS. The lowest BCUT2D eigenvalue weighted by molar-refractivity contribution is 0.103. The molecule has 0 aliphatic heterocycles. The van der Waals surface area contributed by atoms with Crippen molar-refractivity contribution in [3.8, 4) is 11.1 Å². The zero-order valence-corrected chi connectivity index (χ0v) is 17.7. The Morgan fingerprint density at radius 2 is 2.06 bits per heavy atom. The van der Waals surface area contributed by atoms with Crippen LogP contribution >= 0.6 is 11.9 Å². The summed E-state index contributed by atoms with van der Waals surface area (Å²) in [5.74, 6) is -1.69. The molecule has 2 N–H and O–H groups in total. The Balaban J connectivity index is 1.76. The summed E-state index contributed by atoms with van der Waals surface area (Å²) >= 11 is 1.18. The number of carbonyl (C=O) groups excluding carboxylic acids is 1. The number of hydrogen-bond donors (Lipinski definition) is 2. The molecule has 0 fully saturated rings. The number of hydrogen-bond acceptors (Lipinski definition) is 6. The molecule has 6 nitrogen and oxygen atoms in total. The fraction of sp³-hybridized carbons (Fsp3) is 0.182. The molecule has 0 radical (unpaired) electrons. The Morgan fingerprint density at radius 1 is 1.23 bits per heavy atom. The molecule has 1 aromatic carbocycles. The highest BCUT2D eigenvalue weighted by molar-refractivity contribution is 8.00. The van der Waals surface area contributed by atoms with E-state index in [1.807, 2.05) is 19.9 Å². The molecule has 31 heavy (non-hydrogen) atoms. The van der Waals surface area contributed by atoms with Crippen LogP contribution in [0.1, 0.15) is 35.0 Å². The molecule has 158 valence electrons. The van der Waals surface area contributed by atoms with Gasteiger partial charge in [0.25, 0.3) is 0 Å². The number of anilines is 1. The Labute approximate surface area is 181 Å². The Kier molecular flexibility index (Phi) is 5.94. The summed E-state index contributed by atoms with van der Waals surface area (Å²) in [6.07, 6.45) is 5.92. The molecule has 0 aliphatic carbocycles. The van der Waals surface area contributed by atoms with Crippen LogP contribution in [0.15, 0.2) is 42.9 Å². The number of aromatic amines is 1. The van der Waals surface area contributed by atoms with Crippen LogP contribution in [0.5, 0.6) is 0 Å². The molecule has 0 bridgehead atoms. The molecule has 0 spiro atoms. The third-order valence-corrected chi connectivity index (χ3v) is 5.74. The molecule has 4 rings (SSSR count). The average Bonchev–Trinajstić information content (AvgIpc) is 3.19. The van der Waals surface area contributed by atoms with Gasteiger partial charge >= 0.3 is 0 Å². The lowest BCUT2D eigenvalue weighted by atomic mass is 10.0. The van der Waals surface area contributed by atoms with Gasteiger partial charge in [-0.25, -0.2) is 13.8 Å². The summed E-state index contributed by atoms with van der Waals surface area (Å²) in [5, 5.41) is 7.23. The van der Waals surface area contributed by atoms with E-state index in [2.05, 4.69) is 24.9 Å². The van der Waals surface area contributed by atoms with Gasteiger partial charge in [0, 0.05) is 29.9 Å². The second-order valence-corrected chi connectivity index (χ2v) is 7.85. The zero-order chi connectivity index (χ0) is 22.0. The van der Waals surface area contributed by atoms with Crippen LogP contribution < -0.4 is 4.72 Å². The van der Waals surface area contributed by atoms with Gasteiger partial charge in [0.1, 0.15) is 17.2 Å². The van der Waals surface area contributed by atoms with E-state index in [1.54, 1.807) is 24.7 Å². The lowest BCUT2D eigenvalue weighted by Crippen LogP contribution is -2.08. The number of benzene rings is 1. The van der Waals surface area contributed by atoms with E-state index in [-0.39, 0.29) is 16.9 Å². The zero-order valence-electron chi connectivity index (χ0n) is 16.9. The average molecular weight is 439 g/mol. The smallest absolute Gasteiger partial charge is 0.216 e. The van der Waals surface area contributed by atoms with E-state index in [4.69, 9.17) is 0 Å². The van der Waals surface area contributed by atoms with Gasteiger partial charge in [-0.05, 0) is 48.7 Å². The second-order valence-electron chi connectivity index (χ2n) is 6.95. The van der Waals surface area contributed by atoms with Crippen molar-refractivity contribution < 1.29 is 13.6 Å². The summed E-state index contributed by atoms with van der Waals surface area (Å²) in [6, 6.07) is 5.84. The van der Waals surface area contributed by atoms with E-state index in [0.717, 1.165) is 35.2 Å². The summed E-state index contributed by atoms with van der Waals surface area (Å²) in [5.41, 5.74) is 2.46. The van der Waals surface area contributed by atoms with Crippen LogP contribution in [0.3, 0.4) is 0 Å². The van der Waals surface area contributed by atoms with Crippen LogP contribution in [-0.4, -0.2) is 31.7 Å². The number of aryl methyl sites for hydroxylation is 1. The van der Waals surface area contributed by atoms with Gasteiger partial charge in [-0.1, -0.05) is 18.9 Å². The summed E-state index contributed by atoms with van der Waals surface area (Å²) in [7, 11) is 0. The minimum absolute atomic E-state index is 0.0220. The third-order valence-electron chi connectivity index (χ3n) is 4.78. The van der Waals surface area contributed by atoms with Crippen molar-refractivity contribution in [2.24, 2.45) is 0 Å². The van der Waals surface area contributed by atoms with E-state index in [1.165, 1.54) is 11.9 Å². The van der Waals surface area contributed by atoms with Crippen LogP contribution in [-0.2, 0) is 0 Å². The molecule has 0 saturated carbocycles. The number of pyridine rings is 2. The summed E-state index contributed by atoms with van der Waals surface area (Å²) < 4.78 is 31.8. The number of H-pyrrole nitrogens is 1. The van der Waals surface area contributed by atoms with Crippen LogP contribution in [0, 0.1) is 18.6 Å². The van der Waals surface area contributed by atoms with E-state index in [9.17, 15) is 9.18 Å². The van der Waals surface area contributed by atoms with Crippen molar-refractivity contribution in [2.75, 3.05) is 10.5 Å². The predicted octanol–water partition coefficient (Wildman–Crippen LogP) is 5.31. The van der Waals surface area contributed by atoms with Gasteiger partial charge in [-0.3, -0.25) is 14.9 Å². The normalized spacial score (nSPS) is 11.1. The molecule has 0 atom stereocenters. The minimum atomic E-state index is -0.946. The standard InChI is InChI=1S/C22H19F2N5OS/c1-3-8-31-29-20-17(23)5-4-15(18(20)24)21(30)19-16-9-13(11-26-22(16)28-27-19)14-6-7-25-10-12(14)2/h4-7,9-11,29H,3,8H2,1-2H3,(H,26,27,28). The highest BCUT2D eigenvalue weighted by atomic mass is 32.2. The Bertz CT molecular complexity index is 1270. The third kappa shape index (κ3) is 4.00. The fourth-order valence-corrected chi connectivity index (χ4v) is 3.83. The first-order valence-electron chi connectivity index (χ1n) is 9.66. The van der Waals surface area contributed by atoms with Crippen LogP contribution in [0.2, 0.25) is 0 Å².